The van der Waals surface area contributed by atoms with Crippen molar-refractivity contribution in [2.45, 2.75) is 6.18 Å². The molecule has 1 aromatic carbocycles. The summed E-state index contributed by atoms with van der Waals surface area (Å²) in [7, 11) is 0. The average molecular weight is 251 g/mol. The lowest BCUT2D eigenvalue weighted by Gasteiger charge is -2.00. The van der Waals surface area contributed by atoms with Crippen molar-refractivity contribution in [1.29, 1.82) is 0 Å². The van der Waals surface area contributed by atoms with Gasteiger partial charge in [0.1, 0.15) is 0 Å². The quantitative estimate of drug-likeness (QED) is 0.682. The molecule has 0 amide bonds. The van der Waals surface area contributed by atoms with E-state index in [1.165, 1.54) is 6.20 Å². The monoisotopic (exact) mass is 251 g/mol. The van der Waals surface area contributed by atoms with E-state index in [4.69, 9.17) is 0 Å². The standard InChI is InChI=1S/C12H8F3N3/c13-12(14,15)11-17-6-10(18-11)8-5-16-9-4-2-1-3-7(8)9/h1-6,16H,(H,17,18). The maximum absolute atomic E-state index is 12.5. The Kier molecular flexibility index (Phi) is 2.19. The predicted octanol–water partition coefficient (Wildman–Crippen LogP) is 3.58. The van der Waals surface area contributed by atoms with Crippen LogP contribution in [0.25, 0.3) is 22.2 Å². The van der Waals surface area contributed by atoms with Crippen LogP contribution >= 0.6 is 0 Å². The molecular weight excluding hydrogens is 243 g/mol. The summed E-state index contributed by atoms with van der Waals surface area (Å²) in [5, 5.41) is 0.856. The highest BCUT2D eigenvalue weighted by Gasteiger charge is 2.34. The molecule has 3 rings (SSSR count). The van der Waals surface area contributed by atoms with Gasteiger partial charge in [0.05, 0.1) is 11.9 Å². The van der Waals surface area contributed by atoms with Gasteiger partial charge in [0.2, 0.25) is 5.82 Å². The third-order valence-electron chi connectivity index (χ3n) is 2.72. The summed E-state index contributed by atoms with van der Waals surface area (Å²) in [5.74, 6) is -0.984. The zero-order chi connectivity index (χ0) is 12.8. The van der Waals surface area contributed by atoms with E-state index in [9.17, 15) is 13.2 Å². The molecule has 0 radical (unpaired) electrons. The summed E-state index contributed by atoms with van der Waals surface area (Å²) < 4.78 is 37.4. The first-order valence-corrected chi connectivity index (χ1v) is 5.24. The summed E-state index contributed by atoms with van der Waals surface area (Å²) >= 11 is 0. The van der Waals surface area contributed by atoms with Crippen molar-refractivity contribution in [3.05, 3.63) is 42.5 Å². The summed E-state index contributed by atoms with van der Waals surface area (Å²) in [4.78, 5) is 8.65. The lowest BCUT2D eigenvalue weighted by molar-refractivity contribution is -0.144. The Morgan fingerprint density at radius 3 is 2.61 bits per heavy atom. The van der Waals surface area contributed by atoms with Gasteiger partial charge >= 0.3 is 6.18 Å². The maximum Gasteiger partial charge on any atom is 0.449 e. The van der Waals surface area contributed by atoms with E-state index in [1.807, 2.05) is 24.3 Å². The molecule has 6 heteroatoms. The lowest BCUT2D eigenvalue weighted by atomic mass is 10.1. The molecule has 2 heterocycles. The molecule has 0 saturated carbocycles. The molecule has 0 aliphatic rings. The van der Waals surface area contributed by atoms with E-state index in [0.29, 0.717) is 11.3 Å². The minimum absolute atomic E-state index is 0.347. The van der Waals surface area contributed by atoms with E-state index >= 15 is 0 Å². The number of hydrogen-bond acceptors (Lipinski definition) is 1. The van der Waals surface area contributed by atoms with Crippen LogP contribution < -0.4 is 0 Å². The normalized spacial score (nSPS) is 12.2. The van der Waals surface area contributed by atoms with Crippen LogP contribution in [0, 0.1) is 0 Å². The molecule has 0 aliphatic carbocycles. The Morgan fingerprint density at radius 2 is 1.89 bits per heavy atom. The average Bonchev–Trinajstić information content (AvgIpc) is 2.94. The molecular formula is C12H8F3N3. The van der Waals surface area contributed by atoms with Crippen LogP contribution in [0.4, 0.5) is 13.2 Å². The molecule has 0 saturated heterocycles. The Bertz CT molecular complexity index is 694. The number of imidazole rings is 1. The second kappa shape index (κ2) is 3.63. The van der Waals surface area contributed by atoms with Crippen LogP contribution in [-0.2, 0) is 6.18 Å². The molecule has 92 valence electrons. The van der Waals surface area contributed by atoms with Crippen molar-refractivity contribution in [3.63, 3.8) is 0 Å². The number of halogens is 3. The lowest BCUT2D eigenvalue weighted by Crippen LogP contribution is -2.06. The SMILES string of the molecule is FC(F)(F)c1ncc(-c2c[nH]c3ccccc23)[nH]1. The smallest absolute Gasteiger partial charge is 0.360 e. The summed E-state index contributed by atoms with van der Waals surface area (Å²) in [6.45, 7) is 0. The first-order valence-electron chi connectivity index (χ1n) is 5.24. The highest BCUT2D eigenvalue weighted by Crippen LogP contribution is 2.31. The molecule has 0 fully saturated rings. The molecule has 0 unspecified atom stereocenters. The summed E-state index contributed by atoms with van der Waals surface area (Å²) in [6, 6.07) is 7.40. The molecule has 2 aromatic heterocycles. The zero-order valence-corrected chi connectivity index (χ0v) is 9.05. The largest absolute Gasteiger partial charge is 0.449 e. The molecule has 0 aliphatic heterocycles. The Morgan fingerprint density at radius 1 is 1.11 bits per heavy atom. The third-order valence-corrected chi connectivity index (χ3v) is 2.72. The van der Waals surface area contributed by atoms with Gasteiger partial charge in [-0.05, 0) is 6.07 Å². The molecule has 3 nitrogen and oxygen atoms in total. The van der Waals surface area contributed by atoms with Gasteiger partial charge in [-0.2, -0.15) is 13.2 Å². The number of para-hydroxylation sites is 1. The van der Waals surface area contributed by atoms with Crippen molar-refractivity contribution in [1.82, 2.24) is 15.0 Å². The van der Waals surface area contributed by atoms with Crippen LogP contribution in [0.1, 0.15) is 5.82 Å². The van der Waals surface area contributed by atoms with Gasteiger partial charge in [-0.1, -0.05) is 18.2 Å². The van der Waals surface area contributed by atoms with Gasteiger partial charge in [0.15, 0.2) is 0 Å². The number of hydrogen-bond donors (Lipinski definition) is 2. The fourth-order valence-electron chi connectivity index (χ4n) is 1.90. The summed E-state index contributed by atoms with van der Waals surface area (Å²) in [5.41, 5.74) is 1.89. The van der Waals surface area contributed by atoms with E-state index in [0.717, 1.165) is 10.9 Å². The number of rotatable bonds is 1. The fourth-order valence-corrected chi connectivity index (χ4v) is 1.90. The van der Waals surface area contributed by atoms with Gasteiger partial charge in [-0.25, -0.2) is 4.98 Å². The van der Waals surface area contributed by atoms with Crippen LogP contribution in [0.15, 0.2) is 36.7 Å². The second-order valence-electron chi connectivity index (χ2n) is 3.89. The van der Waals surface area contributed by atoms with E-state index in [-0.39, 0.29) is 0 Å². The van der Waals surface area contributed by atoms with Crippen LogP contribution in [0.3, 0.4) is 0 Å². The molecule has 0 spiro atoms. The number of aromatic amines is 2. The number of alkyl halides is 3. The van der Waals surface area contributed by atoms with Crippen molar-refractivity contribution in [2.75, 3.05) is 0 Å². The third kappa shape index (κ3) is 1.66. The van der Waals surface area contributed by atoms with Gasteiger partial charge in [-0.15, -0.1) is 0 Å². The molecule has 3 aromatic rings. The number of aromatic nitrogens is 3. The van der Waals surface area contributed by atoms with Gasteiger partial charge in [-0.3, -0.25) is 0 Å². The van der Waals surface area contributed by atoms with Gasteiger partial charge in [0, 0.05) is 22.7 Å². The predicted molar refractivity (Wildman–Crippen MR) is 60.9 cm³/mol. The number of nitrogens with one attached hydrogen (secondary N) is 2. The number of nitrogens with zero attached hydrogens (tertiary/aromatic N) is 1. The van der Waals surface area contributed by atoms with Gasteiger partial charge < -0.3 is 9.97 Å². The zero-order valence-electron chi connectivity index (χ0n) is 9.05. The van der Waals surface area contributed by atoms with Crippen LogP contribution in [0.2, 0.25) is 0 Å². The topological polar surface area (TPSA) is 44.5 Å². The van der Waals surface area contributed by atoms with E-state index in [1.54, 1.807) is 6.20 Å². The molecule has 0 bridgehead atoms. The minimum atomic E-state index is -4.45. The maximum atomic E-state index is 12.5. The first kappa shape index (κ1) is 10.9. The Hall–Kier alpha value is -2.24. The summed E-state index contributed by atoms with van der Waals surface area (Å²) in [6.07, 6.45) is -1.60. The highest BCUT2D eigenvalue weighted by molar-refractivity contribution is 5.94. The van der Waals surface area contributed by atoms with Crippen molar-refractivity contribution < 1.29 is 13.2 Å². The van der Waals surface area contributed by atoms with E-state index < -0.39 is 12.0 Å². The Balaban J connectivity index is 2.13. The van der Waals surface area contributed by atoms with E-state index in [2.05, 4.69) is 15.0 Å². The minimum Gasteiger partial charge on any atom is -0.360 e. The second-order valence-corrected chi connectivity index (χ2v) is 3.89. The van der Waals surface area contributed by atoms with Crippen molar-refractivity contribution in [3.8, 4) is 11.3 Å². The molecule has 18 heavy (non-hydrogen) atoms. The first-order chi connectivity index (χ1) is 8.55. The number of benzene rings is 1. The molecule has 0 atom stereocenters. The molecule has 2 N–H and O–H groups in total. The Labute approximate surface area is 99.7 Å². The number of fused-ring (bicyclic) bond motifs is 1. The van der Waals surface area contributed by atoms with Crippen LogP contribution in [0.5, 0.6) is 0 Å². The van der Waals surface area contributed by atoms with Crippen molar-refractivity contribution >= 4 is 10.9 Å². The van der Waals surface area contributed by atoms with Crippen LogP contribution in [-0.4, -0.2) is 15.0 Å². The fraction of sp³-hybridized carbons (Fsp3) is 0.0833. The highest BCUT2D eigenvalue weighted by atomic mass is 19.4. The van der Waals surface area contributed by atoms with Crippen molar-refractivity contribution in [2.24, 2.45) is 0 Å². The number of H-pyrrole nitrogens is 2. The van der Waals surface area contributed by atoms with Gasteiger partial charge in [0.25, 0.3) is 0 Å².